The van der Waals surface area contributed by atoms with Gasteiger partial charge in [-0.3, -0.25) is 0 Å². The molecule has 0 unspecified atom stereocenters. The molecule has 1 heterocycles. The molecule has 0 atom stereocenters. The molecule has 0 aromatic heterocycles. The van der Waals surface area contributed by atoms with E-state index in [1.54, 1.807) is 12.1 Å². The largest absolute Gasteiger partial charge is 0.488 e. The van der Waals surface area contributed by atoms with Gasteiger partial charge in [0.25, 0.3) is 0 Å². The fraction of sp³-hybridized carbons (Fsp3) is 0.0588. The first-order chi connectivity index (χ1) is 9.31. The van der Waals surface area contributed by atoms with E-state index in [1.165, 1.54) is 12.1 Å². The number of fused-ring (bicyclic) bond motifs is 1. The highest BCUT2D eigenvalue weighted by atomic mass is 19.1. The maximum absolute atomic E-state index is 12.8. The first-order valence-electron chi connectivity index (χ1n) is 6.17. The molecule has 1 aliphatic heterocycles. The summed E-state index contributed by atoms with van der Waals surface area (Å²) in [5.74, 6) is 0.702. The second-order valence-electron chi connectivity index (χ2n) is 4.43. The highest BCUT2D eigenvalue weighted by molar-refractivity contribution is 5.67. The van der Waals surface area contributed by atoms with Crippen LogP contribution in [0.1, 0.15) is 11.1 Å². The van der Waals surface area contributed by atoms with E-state index in [2.05, 4.69) is 6.08 Å². The van der Waals surface area contributed by atoms with Crippen LogP contribution in [-0.2, 0) is 0 Å². The first-order valence-corrected chi connectivity index (χ1v) is 6.17. The van der Waals surface area contributed by atoms with Gasteiger partial charge in [0.2, 0.25) is 0 Å². The van der Waals surface area contributed by atoms with Crippen LogP contribution in [0.2, 0.25) is 0 Å². The normalized spacial score (nSPS) is 13.8. The van der Waals surface area contributed by atoms with Gasteiger partial charge in [0.15, 0.2) is 0 Å². The minimum atomic E-state index is -0.216. The average Bonchev–Trinajstić information content (AvgIpc) is 2.46. The summed E-state index contributed by atoms with van der Waals surface area (Å²) in [6, 6.07) is 14.4. The van der Waals surface area contributed by atoms with E-state index in [0.717, 1.165) is 22.4 Å². The molecule has 0 saturated heterocycles. The summed E-state index contributed by atoms with van der Waals surface area (Å²) < 4.78 is 18.5. The van der Waals surface area contributed by atoms with Crippen LogP contribution in [0, 0.1) is 5.82 Å². The fourth-order valence-corrected chi connectivity index (χ4v) is 2.01. The first kappa shape index (κ1) is 11.7. The van der Waals surface area contributed by atoms with Gasteiger partial charge in [0.1, 0.15) is 18.2 Å². The summed E-state index contributed by atoms with van der Waals surface area (Å²) in [5, 5.41) is 0. The van der Waals surface area contributed by atoms with Crippen LogP contribution >= 0.6 is 0 Å². The van der Waals surface area contributed by atoms with Crippen molar-refractivity contribution in [2.24, 2.45) is 0 Å². The standard InChI is InChI=1S/C17H13FO/c18-16-9-7-13(8-10-16)5-6-14-11-15-3-1-2-4-17(15)19-12-14/h1-11H,12H2/b6-5+. The van der Waals surface area contributed by atoms with Crippen LogP contribution in [0.4, 0.5) is 4.39 Å². The summed E-state index contributed by atoms with van der Waals surface area (Å²) in [5.41, 5.74) is 3.16. The lowest BCUT2D eigenvalue weighted by atomic mass is 10.1. The maximum atomic E-state index is 12.8. The monoisotopic (exact) mass is 252 g/mol. The highest BCUT2D eigenvalue weighted by Gasteiger charge is 2.07. The van der Waals surface area contributed by atoms with Crippen LogP contribution in [0.25, 0.3) is 12.2 Å². The molecule has 0 amide bonds. The van der Waals surface area contributed by atoms with Gasteiger partial charge in [-0.05, 0) is 35.4 Å². The molecular formula is C17H13FO. The Morgan fingerprint density at radius 1 is 0.947 bits per heavy atom. The Balaban J connectivity index is 1.81. The predicted octanol–water partition coefficient (Wildman–Crippen LogP) is 4.31. The van der Waals surface area contributed by atoms with E-state index in [9.17, 15) is 4.39 Å². The number of benzene rings is 2. The van der Waals surface area contributed by atoms with Gasteiger partial charge in [-0.15, -0.1) is 0 Å². The number of ether oxygens (including phenoxy) is 1. The maximum Gasteiger partial charge on any atom is 0.127 e. The zero-order valence-electron chi connectivity index (χ0n) is 10.3. The lowest BCUT2D eigenvalue weighted by Gasteiger charge is -2.15. The molecule has 1 nitrogen and oxygen atoms in total. The van der Waals surface area contributed by atoms with Crippen molar-refractivity contribution in [1.82, 2.24) is 0 Å². The van der Waals surface area contributed by atoms with Crippen LogP contribution in [0.5, 0.6) is 5.75 Å². The van der Waals surface area contributed by atoms with Gasteiger partial charge in [-0.1, -0.05) is 42.5 Å². The lowest BCUT2D eigenvalue weighted by molar-refractivity contribution is 0.351. The van der Waals surface area contributed by atoms with Gasteiger partial charge >= 0.3 is 0 Å². The molecule has 2 aromatic carbocycles. The van der Waals surface area contributed by atoms with Crippen molar-refractivity contribution >= 4 is 12.2 Å². The third-order valence-electron chi connectivity index (χ3n) is 3.01. The van der Waals surface area contributed by atoms with E-state index < -0.39 is 0 Å². The summed E-state index contributed by atoms with van der Waals surface area (Å²) in [6.45, 7) is 0.564. The number of halogens is 1. The van der Waals surface area contributed by atoms with Gasteiger partial charge < -0.3 is 4.74 Å². The molecule has 0 radical (unpaired) electrons. The SMILES string of the molecule is Fc1ccc(/C=C/C2=Cc3ccccc3OC2)cc1. The van der Waals surface area contributed by atoms with E-state index in [-0.39, 0.29) is 5.82 Å². The van der Waals surface area contributed by atoms with Crippen molar-refractivity contribution in [3.63, 3.8) is 0 Å². The molecular weight excluding hydrogens is 239 g/mol. The zero-order valence-corrected chi connectivity index (χ0v) is 10.3. The molecule has 94 valence electrons. The lowest BCUT2D eigenvalue weighted by Crippen LogP contribution is -2.05. The van der Waals surface area contributed by atoms with E-state index in [1.807, 2.05) is 36.4 Å². The Morgan fingerprint density at radius 3 is 2.58 bits per heavy atom. The molecule has 19 heavy (non-hydrogen) atoms. The average molecular weight is 252 g/mol. The number of hydrogen-bond donors (Lipinski definition) is 0. The van der Waals surface area contributed by atoms with E-state index >= 15 is 0 Å². The summed E-state index contributed by atoms with van der Waals surface area (Å²) in [4.78, 5) is 0. The zero-order chi connectivity index (χ0) is 13.1. The molecule has 3 rings (SSSR count). The molecule has 2 aromatic rings. The molecule has 0 spiro atoms. The second-order valence-corrected chi connectivity index (χ2v) is 4.43. The van der Waals surface area contributed by atoms with Crippen molar-refractivity contribution < 1.29 is 9.13 Å². The van der Waals surface area contributed by atoms with Crippen LogP contribution in [-0.4, -0.2) is 6.61 Å². The fourth-order valence-electron chi connectivity index (χ4n) is 2.01. The summed E-state index contributed by atoms with van der Waals surface area (Å²) >= 11 is 0. The molecule has 0 fully saturated rings. The molecule has 2 heteroatoms. The highest BCUT2D eigenvalue weighted by Crippen LogP contribution is 2.26. The topological polar surface area (TPSA) is 9.23 Å². The molecule has 0 saturated carbocycles. The second kappa shape index (κ2) is 5.11. The third-order valence-corrected chi connectivity index (χ3v) is 3.01. The van der Waals surface area contributed by atoms with Crippen molar-refractivity contribution in [3.8, 4) is 5.75 Å². The Bertz CT molecular complexity index is 639. The van der Waals surface area contributed by atoms with Crippen molar-refractivity contribution in [2.75, 3.05) is 6.61 Å². The minimum absolute atomic E-state index is 0.216. The number of para-hydroxylation sites is 1. The molecule has 1 aliphatic rings. The van der Waals surface area contributed by atoms with E-state index in [4.69, 9.17) is 4.74 Å². The third kappa shape index (κ3) is 2.74. The number of rotatable bonds is 2. The summed E-state index contributed by atoms with van der Waals surface area (Å²) in [6.07, 6.45) is 6.07. The minimum Gasteiger partial charge on any atom is -0.488 e. The van der Waals surface area contributed by atoms with Gasteiger partial charge in [0, 0.05) is 5.56 Å². The molecule has 0 N–H and O–H groups in total. The van der Waals surface area contributed by atoms with Gasteiger partial charge in [0.05, 0.1) is 0 Å². The van der Waals surface area contributed by atoms with Crippen LogP contribution < -0.4 is 4.74 Å². The van der Waals surface area contributed by atoms with Gasteiger partial charge in [-0.25, -0.2) is 4.39 Å². The Kier molecular flexibility index (Phi) is 3.15. The summed E-state index contributed by atoms with van der Waals surface area (Å²) in [7, 11) is 0. The van der Waals surface area contributed by atoms with Crippen LogP contribution in [0.3, 0.4) is 0 Å². The van der Waals surface area contributed by atoms with Crippen molar-refractivity contribution in [1.29, 1.82) is 0 Å². The smallest absolute Gasteiger partial charge is 0.127 e. The van der Waals surface area contributed by atoms with Crippen molar-refractivity contribution in [2.45, 2.75) is 0 Å². The Labute approximate surface area is 111 Å². The Morgan fingerprint density at radius 2 is 1.74 bits per heavy atom. The predicted molar refractivity (Wildman–Crippen MR) is 75.3 cm³/mol. The van der Waals surface area contributed by atoms with Crippen LogP contribution in [0.15, 0.2) is 60.2 Å². The molecule has 0 aliphatic carbocycles. The number of hydrogen-bond acceptors (Lipinski definition) is 1. The van der Waals surface area contributed by atoms with Gasteiger partial charge in [-0.2, -0.15) is 0 Å². The quantitative estimate of drug-likeness (QED) is 0.773. The Hall–Kier alpha value is -2.35. The van der Waals surface area contributed by atoms with E-state index in [0.29, 0.717) is 6.61 Å². The molecule has 0 bridgehead atoms. The van der Waals surface area contributed by atoms with Crippen molar-refractivity contribution in [3.05, 3.63) is 77.1 Å².